The van der Waals surface area contributed by atoms with E-state index in [0.29, 0.717) is 66.0 Å². The van der Waals surface area contributed by atoms with E-state index < -0.39 is 12.3 Å². The Balaban J connectivity index is 0.990. The molecule has 4 aromatic heterocycles. The van der Waals surface area contributed by atoms with Crippen molar-refractivity contribution < 1.29 is 17.9 Å². The summed E-state index contributed by atoms with van der Waals surface area (Å²) < 4.78 is 43.2. The number of hydrogen-bond donors (Lipinski definition) is 2. The summed E-state index contributed by atoms with van der Waals surface area (Å²) in [5.74, 6) is 1.15. The van der Waals surface area contributed by atoms with Crippen LogP contribution in [0.1, 0.15) is 0 Å². The van der Waals surface area contributed by atoms with Crippen molar-refractivity contribution in [3.8, 4) is 17.3 Å². The van der Waals surface area contributed by atoms with Gasteiger partial charge in [0.05, 0.1) is 18.3 Å². The molecule has 2 saturated heterocycles. The van der Waals surface area contributed by atoms with E-state index in [4.69, 9.17) is 14.9 Å². The molecule has 7 rings (SSSR count). The molecule has 0 bridgehead atoms. The van der Waals surface area contributed by atoms with Gasteiger partial charge in [-0.05, 0) is 24.3 Å². The van der Waals surface area contributed by atoms with Crippen LogP contribution in [0.4, 0.5) is 20.4 Å². The van der Waals surface area contributed by atoms with E-state index in [1.807, 2.05) is 9.47 Å². The number of benzene rings is 1. The van der Waals surface area contributed by atoms with Gasteiger partial charge in [-0.15, -0.1) is 5.10 Å². The first-order chi connectivity index (χ1) is 19.5. The second-order valence-electron chi connectivity index (χ2n) is 10.0. The van der Waals surface area contributed by atoms with Crippen LogP contribution in [-0.2, 0) is 6.54 Å². The number of imidazole rings is 1. The highest BCUT2D eigenvalue weighted by Crippen LogP contribution is 2.27. The molecule has 0 amide bonds. The lowest BCUT2D eigenvalue weighted by Gasteiger charge is -2.36. The molecule has 208 valence electrons. The molecule has 2 fully saturated rings. The highest BCUT2D eigenvalue weighted by atomic mass is 19.1. The molecule has 0 radical (unpaired) electrons. The van der Waals surface area contributed by atoms with Crippen molar-refractivity contribution in [3.63, 3.8) is 0 Å². The van der Waals surface area contributed by atoms with Crippen LogP contribution < -0.4 is 20.7 Å². The smallest absolute Gasteiger partial charge is 0.225 e. The summed E-state index contributed by atoms with van der Waals surface area (Å²) in [6.45, 7) is 5.02. The molecule has 1 aromatic carbocycles. The minimum Gasteiger partial charge on any atom is -0.486 e. The maximum absolute atomic E-state index is 14.9. The molecule has 12 nitrogen and oxygen atoms in total. The minimum absolute atomic E-state index is 0.214. The number of alkyl halides is 1. The number of aromatic nitrogens is 6. The Kier molecular flexibility index (Phi) is 6.20. The standard InChI is InChI=1S/C26H28F2N10O2/c27-17-12-16(40-21-14-30-13-18(21)28)3-4-19(17)36-8-5-35(6-9-36)7-10-37-15-31-22-24(37)33-26(29)38-25(22)32-23(34-38)20-2-1-11-39-20/h1-4,11-12,15,18,21,30H,5-10,13-14H2,(H2,29,33)/t18-,21+/m1/s1. The summed E-state index contributed by atoms with van der Waals surface area (Å²) >= 11 is 0. The molecular formula is C26H28F2N10O2. The van der Waals surface area contributed by atoms with Crippen LogP contribution in [0.25, 0.3) is 28.4 Å². The third-order valence-corrected chi connectivity index (χ3v) is 7.47. The number of ether oxygens (including phenoxy) is 1. The largest absolute Gasteiger partial charge is 0.486 e. The van der Waals surface area contributed by atoms with Crippen molar-refractivity contribution in [1.82, 2.24) is 39.3 Å². The summed E-state index contributed by atoms with van der Waals surface area (Å²) in [4.78, 5) is 18.0. The van der Waals surface area contributed by atoms with Crippen molar-refractivity contribution in [2.24, 2.45) is 0 Å². The van der Waals surface area contributed by atoms with Gasteiger partial charge in [0.2, 0.25) is 11.8 Å². The van der Waals surface area contributed by atoms with E-state index >= 15 is 0 Å². The fourth-order valence-electron chi connectivity index (χ4n) is 5.30. The number of nitrogens with two attached hydrogens (primary N) is 1. The van der Waals surface area contributed by atoms with Crippen molar-refractivity contribution >= 4 is 28.4 Å². The lowest BCUT2D eigenvalue weighted by molar-refractivity contribution is 0.139. The number of anilines is 2. The van der Waals surface area contributed by atoms with Gasteiger partial charge < -0.3 is 29.7 Å². The van der Waals surface area contributed by atoms with Crippen LogP contribution in [0.15, 0.2) is 47.3 Å². The molecular weight excluding hydrogens is 522 g/mol. The molecule has 0 spiro atoms. The van der Waals surface area contributed by atoms with E-state index in [2.05, 4.69) is 30.3 Å². The number of halogens is 2. The maximum atomic E-state index is 14.9. The molecule has 0 aliphatic carbocycles. The lowest BCUT2D eigenvalue weighted by Crippen LogP contribution is -2.47. The molecule has 2 atom stereocenters. The Labute approximate surface area is 227 Å². The number of nitrogen functional groups attached to an aromatic ring is 1. The summed E-state index contributed by atoms with van der Waals surface area (Å²) in [6, 6.07) is 8.32. The first kappa shape index (κ1) is 24.7. The molecule has 40 heavy (non-hydrogen) atoms. The summed E-state index contributed by atoms with van der Waals surface area (Å²) in [5, 5.41) is 7.35. The van der Waals surface area contributed by atoms with Gasteiger partial charge in [-0.1, -0.05) is 0 Å². The van der Waals surface area contributed by atoms with E-state index in [-0.39, 0.29) is 18.3 Å². The van der Waals surface area contributed by atoms with E-state index in [1.54, 1.807) is 36.9 Å². The zero-order valence-electron chi connectivity index (χ0n) is 21.6. The number of fused-ring (bicyclic) bond motifs is 3. The van der Waals surface area contributed by atoms with Crippen LogP contribution in [0.5, 0.6) is 5.75 Å². The van der Waals surface area contributed by atoms with Crippen LogP contribution >= 0.6 is 0 Å². The van der Waals surface area contributed by atoms with Crippen LogP contribution in [0.2, 0.25) is 0 Å². The van der Waals surface area contributed by atoms with Gasteiger partial charge in [0.25, 0.3) is 0 Å². The number of hydrogen-bond acceptors (Lipinski definition) is 10. The molecule has 2 aliphatic heterocycles. The minimum atomic E-state index is -1.09. The quantitative estimate of drug-likeness (QED) is 0.310. The summed E-state index contributed by atoms with van der Waals surface area (Å²) in [7, 11) is 0. The van der Waals surface area contributed by atoms with Crippen LogP contribution in [0.3, 0.4) is 0 Å². The number of nitrogens with zero attached hydrogens (tertiary/aromatic N) is 8. The molecule has 3 N–H and O–H groups in total. The first-order valence-electron chi connectivity index (χ1n) is 13.2. The van der Waals surface area contributed by atoms with Crippen LogP contribution in [-0.4, -0.2) is 92.1 Å². The number of nitrogens with one attached hydrogen (secondary N) is 1. The van der Waals surface area contributed by atoms with Gasteiger partial charge in [-0.3, -0.25) is 4.90 Å². The Bertz CT molecular complexity index is 1640. The topological polar surface area (TPSA) is 128 Å². The SMILES string of the molecule is Nc1nc2c(ncn2CCN2CCN(c3ccc(O[C@H]4CNC[C@H]4F)cc3F)CC2)c2nc(-c3ccco3)nn12. The molecule has 0 unspecified atom stereocenters. The normalized spacial score (nSPS) is 20.2. The highest BCUT2D eigenvalue weighted by Gasteiger charge is 2.29. The van der Waals surface area contributed by atoms with E-state index in [0.717, 1.165) is 19.6 Å². The molecule has 6 heterocycles. The average Bonchev–Trinajstić information content (AvgIpc) is 3.76. The van der Waals surface area contributed by atoms with Gasteiger partial charge in [-0.25, -0.2) is 18.7 Å². The average molecular weight is 551 g/mol. The van der Waals surface area contributed by atoms with Gasteiger partial charge in [0.15, 0.2) is 28.7 Å². The molecule has 14 heteroatoms. The second-order valence-corrected chi connectivity index (χ2v) is 10.0. The fraction of sp³-hybridized carbons (Fsp3) is 0.385. The molecule has 0 saturated carbocycles. The van der Waals surface area contributed by atoms with Gasteiger partial charge in [0.1, 0.15) is 17.7 Å². The Morgan fingerprint density at radius 1 is 1.07 bits per heavy atom. The molecule has 2 aliphatic rings. The van der Waals surface area contributed by atoms with E-state index in [1.165, 1.54) is 10.6 Å². The zero-order chi connectivity index (χ0) is 27.2. The van der Waals surface area contributed by atoms with Crippen molar-refractivity contribution in [2.75, 3.05) is 56.4 Å². The van der Waals surface area contributed by atoms with E-state index in [9.17, 15) is 8.78 Å². The maximum Gasteiger partial charge on any atom is 0.225 e. The highest BCUT2D eigenvalue weighted by molar-refractivity contribution is 5.87. The fourth-order valence-corrected chi connectivity index (χ4v) is 5.30. The third-order valence-electron chi connectivity index (χ3n) is 7.47. The van der Waals surface area contributed by atoms with Crippen LogP contribution in [0, 0.1) is 5.82 Å². The van der Waals surface area contributed by atoms with Crippen molar-refractivity contribution in [1.29, 1.82) is 0 Å². The Morgan fingerprint density at radius 3 is 2.70 bits per heavy atom. The zero-order valence-corrected chi connectivity index (χ0v) is 21.6. The Hall–Kier alpha value is -4.30. The third kappa shape index (κ3) is 4.48. The second kappa shape index (κ2) is 10.0. The number of furan rings is 1. The number of rotatable bonds is 7. The lowest BCUT2D eigenvalue weighted by atomic mass is 10.2. The Morgan fingerprint density at radius 2 is 1.95 bits per heavy atom. The monoisotopic (exact) mass is 550 g/mol. The summed E-state index contributed by atoms with van der Waals surface area (Å²) in [5.41, 5.74) is 8.49. The predicted octanol–water partition coefficient (Wildman–Crippen LogP) is 1.97. The van der Waals surface area contributed by atoms with Gasteiger partial charge in [-0.2, -0.15) is 9.50 Å². The predicted molar refractivity (Wildman–Crippen MR) is 143 cm³/mol. The van der Waals surface area contributed by atoms with Gasteiger partial charge in [0, 0.05) is 58.4 Å². The van der Waals surface area contributed by atoms with Crippen molar-refractivity contribution in [3.05, 3.63) is 48.7 Å². The summed E-state index contributed by atoms with van der Waals surface area (Å²) in [6.07, 6.45) is 1.62. The van der Waals surface area contributed by atoms with Gasteiger partial charge >= 0.3 is 0 Å². The first-order valence-corrected chi connectivity index (χ1v) is 13.2. The number of piperazine rings is 1. The molecule has 5 aromatic rings. The van der Waals surface area contributed by atoms with Crippen molar-refractivity contribution in [2.45, 2.75) is 18.8 Å².